The van der Waals surface area contributed by atoms with Gasteiger partial charge in [-0.3, -0.25) is 0 Å². The summed E-state index contributed by atoms with van der Waals surface area (Å²) >= 11 is 17.5. The topological polar surface area (TPSA) is 45.7 Å². The first-order chi connectivity index (χ1) is 13.0. The standard InChI is InChI=1S/C19H17Cl2N3O2S/c20-14-6-4-12(9-15(14)21)11-26-13-5-7-17(22-10-13)24-18(27)16-3-1-2-8-23(16)19(24)25/h4-7,9-10,16H,1-3,8,11H2. The summed E-state index contributed by atoms with van der Waals surface area (Å²) in [6, 6.07) is 8.84. The van der Waals surface area contributed by atoms with Gasteiger partial charge < -0.3 is 9.64 Å². The predicted octanol–water partition coefficient (Wildman–Crippen LogP) is 5.09. The lowest BCUT2D eigenvalue weighted by Gasteiger charge is -2.26. The van der Waals surface area contributed by atoms with Crippen molar-refractivity contribution in [3.63, 3.8) is 0 Å². The number of ether oxygens (including phenoxy) is 1. The first-order valence-corrected chi connectivity index (χ1v) is 9.88. The zero-order chi connectivity index (χ0) is 19.0. The van der Waals surface area contributed by atoms with Crippen LogP contribution in [0.15, 0.2) is 36.5 Å². The molecular weight excluding hydrogens is 405 g/mol. The number of hydrogen-bond acceptors (Lipinski definition) is 4. The number of anilines is 1. The number of carbonyl (C=O) groups is 1. The van der Waals surface area contributed by atoms with Gasteiger partial charge in [0.05, 0.1) is 22.3 Å². The predicted molar refractivity (Wildman–Crippen MR) is 110 cm³/mol. The number of thiocarbonyl (C=S) groups is 1. The fourth-order valence-corrected chi connectivity index (χ4v) is 4.12. The average molecular weight is 422 g/mol. The van der Waals surface area contributed by atoms with E-state index in [1.165, 1.54) is 4.90 Å². The second kappa shape index (κ2) is 7.62. The summed E-state index contributed by atoms with van der Waals surface area (Å²) in [5.74, 6) is 1.13. The van der Waals surface area contributed by atoms with E-state index in [1.807, 2.05) is 11.0 Å². The molecule has 2 aromatic rings. The first-order valence-electron chi connectivity index (χ1n) is 8.72. The number of urea groups is 1. The van der Waals surface area contributed by atoms with Gasteiger partial charge in [-0.25, -0.2) is 14.7 Å². The zero-order valence-electron chi connectivity index (χ0n) is 14.4. The molecule has 0 bridgehead atoms. The van der Waals surface area contributed by atoms with Crippen LogP contribution in [0.2, 0.25) is 10.0 Å². The smallest absolute Gasteiger partial charge is 0.331 e. The quantitative estimate of drug-likeness (QED) is 0.644. The minimum Gasteiger partial charge on any atom is -0.487 e. The van der Waals surface area contributed by atoms with E-state index in [1.54, 1.807) is 30.5 Å². The highest BCUT2D eigenvalue weighted by molar-refractivity contribution is 7.80. The molecule has 1 atom stereocenters. The number of halogens is 2. The van der Waals surface area contributed by atoms with Gasteiger partial charge in [-0.1, -0.05) is 41.5 Å². The Bertz CT molecular complexity index is 867. The number of rotatable bonds is 4. The van der Waals surface area contributed by atoms with Gasteiger partial charge in [-0.05, 0) is 49.1 Å². The van der Waals surface area contributed by atoms with Gasteiger partial charge in [0.15, 0.2) is 0 Å². The van der Waals surface area contributed by atoms with E-state index in [2.05, 4.69) is 4.98 Å². The molecule has 2 aliphatic rings. The Morgan fingerprint density at radius 3 is 2.74 bits per heavy atom. The highest BCUT2D eigenvalue weighted by Crippen LogP contribution is 2.31. The second-order valence-electron chi connectivity index (χ2n) is 6.55. The molecule has 3 heterocycles. The number of hydrogen-bond donors (Lipinski definition) is 0. The van der Waals surface area contributed by atoms with E-state index in [4.69, 9.17) is 40.2 Å². The van der Waals surface area contributed by atoms with Crippen molar-refractivity contribution in [3.8, 4) is 5.75 Å². The zero-order valence-corrected chi connectivity index (χ0v) is 16.7. The molecule has 0 radical (unpaired) electrons. The van der Waals surface area contributed by atoms with Crippen LogP contribution in [0.25, 0.3) is 0 Å². The number of fused-ring (bicyclic) bond motifs is 1. The molecule has 0 aliphatic carbocycles. The molecule has 1 unspecified atom stereocenters. The molecule has 0 spiro atoms. The second-order valence-corrected chi connectivity index (χ2v) is 7.78. The van der Waals surface area contributed by atoms with Crippen LogP contribution < -0.4 is 9.64 Å². The Hall–Kier alpha value is -1.89. The summed E-state index contributed by atoms with van der Waals surface area (Å²) in [7, 11) is 0. The maximum atomic E-state index is 12.7. The van der Waals surface area contributed by atoms with Crippen molar-refractivity contribution in [3.05, 3.63) is 52.1 Å². The number of carbonyl (C=O) groups excluding carboxylic acids is 1. The Labute approximate surface area is 172 Å². The molecule has 27 heavy (non-hydrogen) atoms. The Kier molecular flexibility index (Phi) is 5.21. The number of nitrogens with zero attached hydrogens (tertiary/aromatic N) is 3. The SMILES string of the molecule is O=C1N(c2ccc(OCc3ccc(Cl)c(Cl)c3)cn2)C(=S)C2CCCCN12. The van der Waals surface area contributed by atoms with Gasteiger partial charge in [0.25, 0.3) is 0 Å². The molecule has 5 nitrogen and oxygen atoms in total. The van der Waals surface area contributed by atoms with Gasteiger partial charge >= 0.3 is 6.03 Å². The summed E-state index contributed by atoms with van der Waals surface area (Å²) in [6.45, 7) is 1.10. The number of piperidine rings is 1. The Morgan fingerprint density at radius 1 is 1.19 bits per heavy atom. The molecule has 0 saturated carbocycles. The monoisotopic (exact) mass is 421 g/mol. The lowest BCUT2D eigenvalue weighted by atomic mass is 10.0. The van der Waals surface area contributed by atoms with E-state index >= 15 is 0 Å². The molecule has 140 valence electrons. The normalized spacial score (nSPS) is 19.4. The van der Waals surface area contributed by atoms with Crippen LogP contribution in [-0.4, -0.2) is 33.5 Å². The summed E-state index contributed by atoms with van der Waals surface area (Å²) in [4.78, 5) is 21.1. The van der Waals surface area contributed by atoms with E-state index in [-0.39, 0.29) is 12.1 Å². The van der Waals surface area contributed by atoms with Crippen LogP contribution in [-0.2, 0) is 6.61 Å². The molecule has 1 aromatic carbocycles. The van der Waals surface area contributed by atoms with Crippen molar-refractivity contribution in [1.82, 2.24) is 9.88 Å². The first kappa shape index (κ1) is 18.5. The fourth-order valence-electron chi connectivity index (χ4n) is 3.39. The lowest BCUT2D eigenvalue weighted by Crippen LogP contribution is -2.38. The van der Waals surface area contributed by atoms with E-state index in [0.29, 0.717) is 33.2 Å². The van der Waals surface area contributed by atoms with Crippen molar-refractivity contribution in [2.45, 2.75) is 31.9 Å². The summed E-state index contributed by atoms with van der Waals surface area (Å²) in [6.07, 6.45) is 4.64. The number of amides is 2. The van der Waals surface area contributed by atoms with Gasteiger partial charge in [-0.2, -0.15) is 0 Å². The van der Waals surface area contributed by atoms with E-state index in [0.717, 1.165) is 31.4 Å². The number of pyridine rings is 1. The molecule has 4 rings (SSSR count). The molecule has 2 fully saturated rings. The van der Waals surface area contributed by atoms with Crippen LogP contribution in [0.1, 0.15) is 24.8 Å². The number of benzene rings is 1. The third-order valence-corrected chi connectivity index (χ3v) is 5.98. The Balaban J connectivity index is 1.45. The highest BCUT2D eigenvalue weighted by atomic mass is 35.5. The molecule has 0 N–H and O–H groups in total. The third-order valence-electron chi connectivity index (χ3n) is 4.78. The van der Waals surface area contributed by atoms with Crippen LogP contribution >= 0.6 is 35.4 Å². The van der Waals surface area contributed by atoms with Gasteiger partial charge in [0.1, 0.15) is 23.2 Å². The molecule has 2 aliphatic heterocycles. The van der Waals surface area contributed by atoms with E-state index in [9.17, 15) is 4.79 Å². The average Bonchev–Trinajstić information content (AvgIpc) is 2.94. The fraction of sp³-hybridized carbons (Fsp3) is 0.316. The third kappa shape index (κ3) is 3.61. The van der Waals surface area contributed by atoms with Gasteiger partial charge in [0, 0.05) is 6.54 Å². The molecule has 2 saturated heterocycles. The van der Waals surface area contributed by atoms with Crippen LogP contribution in [0.5, 0.6) is 5.75 Å². The maximum Gasteiger partial charge on any atom is 0.331 e. The maximum absolute atomic E-state index is 12.7. The molecule has 8 heteroatoms. The van der Waals surface area contributed by atoms with Crippen LogP contribution in [0.3, 0.4) is 0 Å². The minimum atomic E-state index is -0.0818. The number of aromatic nitrogens is 1. The van der Waals surface area contributed by atoms with Crippen molar-refractivity contribution in [2.24, 2.45) is 0 Å². The van der Waals surface area contributed by atoms with Crippen molar-refractivity contribution in [1.29, 1.82) is 0 Å². The van der Waals surface area contributed by atoms with Crippen molar-refractivity contribution >= 4 is 52.3 Å². The van der Waals surface area contributed by atoms with Crippen molar-refractivity contribution in [2.75, 3.05) is 11.4 Å². The largest absolute Gasteiger partial charge is 0.487 e. The summed E-state index contributed by atoms with van der Waals surface area (Å²) < 4.78 is 5.74. The van der Waals surface area contributed by atoms with Crippen LogP contribution in [0, 0.1) is 0 Å². The van der Waals surface area contributed by atoms with Crippen LogP contribution in [0.4, 0.5) is 10.6 Å². The summed E-state index contributed by atoms with van der Waals surface area (Å²) in [5.41, 5.74) is 0.904. The molecular formula is C19H17Cl2N3O2S. The molecule has 1 aromatic heterocycles. The Morgan fingerprint density at radius 2 is 2.04 bits per heavy atom. The molecule has 2 amide bonds. The highest BCUT2D eigenvalue weighted by Gasteiger charge is 2.44. The van der Waals surface area contributed by atoms with Gasteiger partial charge in [-0.15, -0.1) is 0 Å². The summed E-state index contributed by atoms with van der Waals surface area (Å²) in [5, 5.41) is 0.998. The van der Waals surface area contributed by atoms with E-state index < -0.39 is 0 Å². The lowest BCUT2D eigenvalue weighted by molar-refractivity contribution is 0.193. The van der Waals surface area contributed by atoms with Crippen molar-refractivity contribution < 1.29 is 9.53 Å². The van der Waals surface area contributed by atoms with Gasteiger partial charge in [0.2, 0.25) is 0 Å². The minimum absolute atomic E-state index is 0.0219.